The van der Waals surface area contributed by atoms with Gasteiger partial charge in [0.2, 0.25) is 0 Å². The second kappa shape index (κ2) is 10.2. The van der Waals surface area contributed by atoms with Crippen LogP contribution in [0.1, 0.15) is 19.8 Å². The van der Waals surface area contributed by atoms with Crippen molar-refractivity contribution in [3.8, 4) is 11.5 Å². The van der Waals surface area contributed by atoms with Gasteiger partial charge in [0.25, 0.3) is 0 Å². The van der Waals surface area contributed by atoms with Crippen LogP contribution in [0.2, 0.25) is 0 Å². The van der Waals surface area contributed by atoms with Gasteiger partial charge in [0.05, 0.1) is 13.7 Å². The van der Waals surface area contributed by atoms with Crippen molar-refractivity contribution in [3.63, 3.8) is 0 Å². The molecule has 0 bridgehead atoms. The molecule has 0 unspecified atom stereocenters. The number of hydrogen-bond donors (Lipinski definition) is 2. The van der Waals surface area contributed by atoms with Gasteiger partial charge >= 0.3 is 0 Å². The third kappa shape index (κ3) is 5.98. The van der Waals surface area contributed by atoms with E-state index in [1.165, 1.54) is 0 Å². The predicted octanol–water partition coefficient (Wildman–Crippen LogP) is 2.15. The number of rotatable bonds is 9. The Morgan fingerprint density at radius 2 is 2.00 bits per heavy atom. The zero-order valence-corrected chi connectivity index (χ0v) is 15.0. The number of aromatic nitrogens is 3. The second-order valence-corrected chi connectivity index (χ2v) is 5.33. The molecule has 0 aliphatic heterocycles. The van der Waals surface area contributed by atoms with Crippen LogP contribution in [0, 0.1) is 0 Å². The van der Waals surface area contributed by atoms with E-state index < -0.39 is 0 Å². The molecule has 1 aromatic heterocycles. The fraction of sp³-hybridized carbons (Fsp3) is 0.471. The zero-order valence-electron chi connectivity index (χ0n) is 15.0. The van der Waals surface area contributed by atoms with Crippen LogP contribution in [0.25, 0.3) is 0 Å². The summed E-state index contributed by atoms with van der Waals surface area (Å²) in [7, 11) is 3.38. The van der Waals surface area contributed by atoms with Gasteiger partial charge < -0.3 is 24.7 Å². The molecule has 136 valence electrons. The molecule has 8 nitrogen and oxygen atoms in total. The largest absolute Gasteiger partial charge is 0.493 e. The van der Waals surface area contributed by atoms with Gasteiger partial charge in [-0.15, -0.1) is 10.2 Å². The molecule has 0 fully saturated rings. The first-order valence-corrected chi connectivity index (χ1v) is 8.37. The number of guanidine groups is 1. The first-order chi connectivity index (χ1) is 12.3. The summed E-state index contributed by atoms with van der Waals surface area (Å²) in [5.41, 5.74) is 0.891. The van der Waals surface area contributed by atoms with Gasteiger partial charge in [-0.2, -0.15) is 0 Å². The summed E-state index contributed by atoms with van der Waals surface area (Å²) in [5, 5.41) is 14.1. The lowest BCUT2D eigenvalue weighted by Gasteiger charge is -2.14. The Balaban J connectivity index is 1.79. The fourth-order valence-corrected chi connectivity index (χ4v) is 2.30. The molecule has 0 atom stereocenters. The van der Waals surface area contributed by atoms with E-state index in [1.54, 1.807) is 26.8 Å². The van der Waals surface area contributed by atoms with Crippen LogP contribution in [0.4, 0.5) is 5.69 Å². The summed E-state index contributed by atoms with van der Waals surface area (Å²) < 4.78 is 12.9. The maximum absolute atomic E-state index is 5.59. The number of hydrogen-bond acceptors (Lipinski definition) is 5. The smallest absolute Gasteiger partial charge is 0.195 e. The molecular formula is C17H26N6O2. The summed E-state index contributed by atoms with van der Waals surface area (Å²) >= 11 is 0. The summed E-state index contributed by atoms with van der Waals surface area (Å²) in [6, 6.07) is 5.71. The maximum Gasteiger partial charge on any atom is 0.195 e. The lowest BCUT2D eigenvalue weighted by atomic mass is 10.2. The Morgan fingerprint density at radius 1 is 1.20 bits per heavy atom. The number of benzene rings is 1. The van der Waals surface area contributed by atoms with Crippen LogP contribution in [0.15, 0.2) is 35.8 Å². The lowest BCUT2D eigenvalue weighted by Crippen LogP contribution is -2.31. The van der Waals surface area contributed by atoms with Crippen molar-refractivity contribution in [2.24, 2.45) is 4.99 Å². The molecule has 0 amide bonds. The number of unbranched alkanes of at least 4 members (excludes halogenated alkanes) is 1. The number of anilines is 1. The van der Waals surface area contributed by atoms with Crippen LogP contribution in [0.3, 0.4) is 0 Å². The third-order valence-corrected chi connectivity index (χ3v) is 3.55. The maximum atomic E-state index is 5.59. The Labute approximate surface area is 148 Å². The molecule has 25 heavy (non-hydrogen) atoms. The summed E-state index contributed by atoms with van der Waals surface area (Å²) in [5.74, 6) is 2.14. The minimum Gasteiger partial charge on any atom is -0.493 e. The summed E-state index contributed by atoms with van der Waals surface area (Å²) in [4.78, 5) is 4.25. The highest BCUT2D eigenvalue weighted by Crippen LogP contribution is 2.30. The number of nitrogens with zero attached hydrogens (tertiary/aromatic N) is 4. The first kappa shape index (κ1) is 18.6. The topological polar surface area (TPSA) is 85.6 Å². The van der Waals surface area contributed by atoms with Gasteiger partial charge in [-0.3, -0.25) is 4.99 Å². The first-order valence-electron chi connectivity index (χ1n) is 8.37. The van der Waals surface area contributed by atoms with Gasteiger partial charge in [-0.1, -0.05) is 0 Å². The van der Waals surface area contributed by atoms with Crippen molar-refractivity contribution in [1.29, 1.82) is 0 Å². The van der Waals surface area contributed by atoms with E-state index >= 15 is 0 Å². The van der Waals surface area contributed by atoms with Gasteiger partial charge in [0.1, 0.15) is 12.7 Å². The predicted molar refractivity (Wildman–Crippen MR) is 98.4 cm³/mol. The van der Waals surface area contributed by atoms with Crippen molar-refractivity contribution in [3.05, 3.63) is 30.9 Å². The van der Waals surface area contributed by atoms with Crippen molar-refractivity contribution in [2.75, 3.05) is 32.6 Å². The number of nitrogens with one attached hydrogen (secondary N) is 2. The molecule has 0 saturated heterocycles. The van der Waals surface area contributed by atoms with Gasteiger partial charge in [0.15, 0.2) is 17.5 Å². The van der Waals surface area contributed by atoms with E-state index in [9.17, 15) is 0 Å². The summed E-state index contributed by atoms with van der Waals surface area (Å²) in [6.45, 7) is 4.27. The SMILES string of the molecule is CCOc1cc(NC(=NC)NCCCCn2cnnc2)ccc1OC. The quantitative estimate of drug-likeness (QED) is 0.411. The number of methoxy groups -OCH3 is 1. The van der Waals surface area contributed by atoms with E-state index in [-0.39, 0.29) is 0 Å². The van der Waals surface area contributed by atoms with E-state index in [0.29, 0.717) is 18.1 Å². The van der Waals surface area contributed by atoms with E-state index in [2.05, 4.69) is 25.8 Å². The Hall–Kier alpha value is -2.77. The lowest BCUT2D eigenvalue weighted by molar-refractivity contribution is 0.311. The van der Waals surface area contributed by atoms with Crippen LogP contribution < -0.4 is 20.1 Å². The Bertz CT molecular complexity index is 657. The normalized spacial score (nSPS) is 11.2. The Morgan fingerprint density at radius 3 is 2.68 bits per heavy atom. The van der Waals surface area contributed by atoms with E-state index in [4.69, 9.17) is 9.47 Å². The molecule has 0 spiro atoms. The van der Waals surface area contributed by atoms with Crippen molar-refractivity contribution >= 4 is 11.6 Å². The van der Waals surface area contributed by atoms with Crippen molar-refractivity contribution in [2.45, 2.75) is 26.3 Å². The van der Waals surface area contributed by atoms with E-state index in [1.807, 2.05) is 29.7 Å². The number of aryl methyl sites for hydroxylation is 1. The second-order valence-electron chi connectivity index (χ2n) is 5.33. The fourth-order valence-electron chi connectivity index (χ4n) is 2.30. The zero-order chi connectivity index (χ0) is 17.9. The molecule has 0 radical (unpaired) electrons. The van der Waals surface area contributed by atoms with Crippen LogP contribution in [-0.2, 0) is 6.54 Å². The molecule has 2 aromatic rings. The third-order valence-electron chi connectivity index (χ3n) is 3.55. The monoisotopic (exact) mass is 346 g/mol. The molecule has 0 saturated carbocycles. The highest BCUT2D eigenvalue weighted by Gasteiger charge is 2.06. The minimum atomic E-state index is 0.583. The molecule has 0 aliphatic rings. The number of aliphatic imine (C=N–C) groups is 1. The van der Waals surface area contributed by atoms with Gasteiger partial charge in [-0.05, 0) is 31.9 Å². The van der Waals surface area contributed by atoms with Crippen LogP contribution in [0.5, 0.6) is 11.5 Å². The molecule has 1 heterocycles. The van der Waals surface area contributed by atoms with Gasteiger partial charge in [0, 0.05) is 31.9 Å². The standard InChI is InChI=1S/C17H26N6O2/c1-4-25-16-11-14(7-8-15(16)24-3)22-17(18-2)19-9-5-6-10-23-12-20-21-13-23/h7-8,11-13H,4-6,9-10H2,1-3H3,(H2,18,19,22). The van der Waals surface area contributed by atoms with Crippen molar-refractivity contribution < 1.29 is 9.47 Å². The van der Waals surface area contributed by atoms with Crippen LogP contribution in [-0.4, -0.2) is 48.0 Å². The molecular weight excluding hydrogens is 320 g/mol. The highest BCUT2D eigenvalue weighted by atomic mass is 16.5. The average Bonchev–Trinajstić information content (AvgIpc) is 3.14. The number of ether oxygens (including phenoxy) is 2. The molecule has 8 heteroatoms. The minimum absolute atomic E-state index is 0.583. The average molecular weight is 346 g/mol. The molecule has 2 rings (SSSR count). The summed E-state index contributed by atoms with van der Waals surface area (Å²) in [6.07, 6.45) is 5.52. The Kier molecular flexibility index (Phi) is 7.55. The van der Waals surface area contributed by atoms with Crippen molar-refractivity contribution in [1.82, 2.24) is 20.1 Å². The molecule has 2 N–H and O–H groups in total. The van der Waals surface area contributed by atoms with Crippen LogP contribution >= 0.6 is 0 Å². The molecule has 1 aromatic carbocycles. The van der Waals surface area contributed by atoms with E-state index in [0.717, 1.165) is 37.6 Å². The molecule has 0 aliphatic carbocycles. The van der Waals surface area contributed by atoms with Gasteiger partial charge in [-0.25, -0.2) is 0 Å². The highest BCUT2D eigenvalue weighted by molar-refractivity contribution is 5.93.